The van der Waals surface area contributed by atoms with E-state index in [-0.39, 0.29) is 11.6 Å². The molecule has 0 aliphatic carbocycles. The summed E-state index contributed by atoms with van der Waals surface area (Å²) >= 11 is 8.11. The fraction of sp³-hybridized carbons (Fsp3) is 0.650. The first-order chi connectivity index (χ1) is 13.7. The average Bonchev–Trinajstić information content (AvgIpc) is 3.23. The van der Waals surface area contributed by atoms with E-state index in [0.29, 0.717) is 0 Å². The van der Waals surface area contributed by atoms with Crippen LogP contribution in [0.15, 0.2) is 24.3 Å². The lowest BCUT2D eigenvalue weighted by molar-refractivity contribution is -0.0127. The summed E-state index contributed by atoms with van der Waals surface area (Å²) in [5.74, 6) is 2.27. The fourth-order valence-corrected chi connectivity index (χ4v) is 5.99. The zero-order chi connectivity index (χ0) is 19.4. The number of carbonyl (C=O) groups excluding carboxylic acids is 1. The second kappa shape index (κ2) is 9.11. The van der Waals surface area contributed by atoms with Gasteiger partial charge in [-0.25, -0.2) is 4.79 Å². The Bertz CT molecular complexity index is 672. The van der Waals surface area contributed by atoms with Gasteiger partial charge >= 0.3 is 6.03 Å². The summed E-state index contributed by atoms with van der Waals surface area (Å²) in [6, 6.07) is 7.99. The summed E-state index contributed by atoms with van der Waals surface area (Å²) in [6.45, 7) is 7.39. The molecule has 1 atom stereocenters. The van der Waals surface area contributed by atoms with Crippen molar-refractivity contribution in [2.24, 2.45) is 0 Å². The van der Waals surface area contributed by atoms with Gasteiger partial charge in [0.25, 0.3) is 0 Å². The van der Waals surface area contributed by atoms with E-state index in [2.05, 4.69) is 21.2 Å². The van der Waals surface area contributed by atoms with Gasteiger partial charge in [-0.3, -0.25) is 4.90 Å². The number of anilines is 1. The molecule has 4 rings (SSSR count). The molecule has 0 aromatic heterocycles. The maximum absolute atomic E-state index is 12.8. The molecule has 3 aliphatic heterocycles. The highest BCUT2D eigenvalue weighted by molar-refractivity contribution is 7.99. The van der Waals surface area contributed by atoms with Crippen molar-refractivity contribution in [1.29, 1.82) is 0 Å². The number of hydrogen-bond acceptors (Lipinski definition) is 5. The number of rotatable bonds is 4. The van der Waals surface area contributed by atoms with Crippen molar-refractivity contribution < 1.29 is 9.53 Å². The molecule has 0 spiro atoms. The number of morpholine rings is 1. The first-order valence-electron chi connectivity index (χ1n) is 10.1. The van der Waals surface area contributed by atoms with Gasteiger partial charge in [0.1, 0.15) is 0 Å². The Hall–Kier alpha value is -1.15. The SMILES string of the molecule is O=C(NCC1(N2CCOCC2)CCSC1)N1CCN(c2cccc(Cl)c2)CC1. The molecular formula is C20H29ClN4O2S. The number of urea groups is 1. The van der Waals surface area contributed by atoms with Gasteiger partial charge in [-0.1, -0.05) is 17.7 Å². The van der Waals surface area contributed by atoms with Crippen LogP contribution in [-0.2, 0) is 4.74 Å². The third kappa shape index (κ3) is 4.53. The number of ether oxygens (including phenoxy) is 1. The number of piperazine rings is 1. The third-order valence-electron chi connectivity index (χ3n) is 6.07. The number of nitrogens with one attached hydrogen (secondary N) is 1. The van der Waals surface area contributed by atoms with E-state index in [1.807, 2.05) is 34.9 Å². The number of nitrogens with zero attached hydrogens (tertiary/aromatic N) is 3. The van der Waals surface area contributed by atoms with Gasteiger partial charge in [0.15, 0.2) is 0 Å². The van der Waals surface area contributed by atoms with E-state index in [1.54, 1.807) is 0 Å². The molecule has 28 heavy (non-hydrogen) atoms. The molecule has 3 saturated heterocycles. The smallest absolute Gasteiger partial charge is 0.317 e. The summed E-state index contributed by atoms with van der Waals surface area (Å²) < 4.78 is 5.52. The second-order valence-electron chi connectivity index (χ2n) is 7.74. The lowest BCUT2D eigenvalue weighted by atomic mass is 9.95. The highest BCUT2D eigenvalue weighted by Gasteiger charge is 2.41. The second-order valence-corrected chi connectivity index (χ2v) is 9.28. The first-order valence-corrected chi connectivity index (χ1v) is 11.6. The van der Waals surface area contributed by atoms with Crippen molar-refractivity contribution >= 4 is 35.1 Å². The standard InChI is InChI=1S/C20H29ClN4O2S/c21-17-2-1-3-18(14-17)23-5-7-24(8-6-23)19(26)22-15-20(4-13-28-16-20)25-9-11-27-12-10-25/h1-3,14H,4-13,15-16H2,(H,22,26). The van der Waals surface area contributed by atoms with Crippen LogP contribution in [0.4, 0.5) is 10.5 Å². The molecule has 1 aromatic rings. The third-order valence-corrected chi connectivity index (χ3v) is 7.54. The van der Waals surface area contributed by atoms with Crippen LogP contribution in [0, 0.1) is 0 Å². The van der Waals surface area contributed by atoms with Crippen molar-refractivity contribution in [3.63, 3.8) is 0 Å². The van der Waals surface area contributed by atoms with E-state index in [1.165, 1.54) is 5.75 Å². The molecule has 0 bridgehead atoms. The Morgan fingerprint density at radius 3 is 2.64 bits per heavy atom. The largest absolute Gasteiger partial charge is 0.379 e. The summed E-state index contributed by atoms with van der Waals surface area (Å²) in [5, 5.41) is 4.00. The van der Waals surface area contributed by atoms with E-state index in [4.69, 9.17) is 16.3 Å². The number of halogens is 1. The van der Waals surface area contributed by atoms with Crippen LogP contribution in [-0.4, -0.2) is 91.9 Å². The van der Waals surface area contributed by atoms with Crippen LogP contribution in [0.3, 0.4) is 0 Å². The van der Waals surface area contributed by atoms with Crippen LogP contribution in [0.1, 0.15) is 6.42 Å². The number of hydrogen-bond donors (Lipinski definition) is 1. The van der Waals surface area contributed by atoms with Gasteiger partial charge < -0.3 is 19.9 Å². The van der Waals surface area contributed by atoms with Gasteiger partial charge in [0.2, 0.25) is 0 Å². The van der Waals surface area contributed by atoms with Crippen LogP contribution in [0.25, 0.3) is 0 Å². The molecule has 8 heteroatoms. The maximum atomic E-state index is 12.8. The predicted octanol–water partition coefficient (Wildman–Crippen LogP) is 2.38. The quantitative estimate of drug-likeness (QED) is 0.804. The minimum absolute atomic E-state index is 0.0651. The van der Waals surface area contributed by atoms with Crippen LogP contribution in [0.2, 0.25) is 5.02 Å². The Morgan fingerprint density at radius 2 is 1.96 bits per heavy atom. The highest BCUT2D eigenvalue weighted by Crippen LogP contribution is 2.33. The van der Waals surface area contributed by atoms with Crippen LogP contribution < -0.4 is 10.2 Å². The Kier molecular flexibility index (Phi) is 6.55. The predicted molar refractivity (Wildman–Crippen MR) is 116 cm³/mol. The molecule has 0 radical (unpaired) electrons. The Balaban J connectivity index is 1.29. The van der Waals surface area contributed by atoms with Gasteiger partial charge in [0, 0.05) is 67.8 Å². The summed E-state index contributed by atoms with van der Waals surface area (Å²) in [7, 11) is 0. The van der Waals surface area contributed by atoms with Crippen LogP contribution in [0.5, 0.6) is 0 Å². The molecule has 154 valence electrons. The molecule has 3 heterocycles. The summed E-state index contributed by atoms with van der Waals surface area (Å²) in [6.07, 6.45) is 1.14. The monoisotopic (exact) mass is 424 g/mol. The lowest BCUT2D eigenvalue weighted by Crippen LogP contribution is -2.61. The minimum atomic E-state index is 0.0651. The number of thioether (sulfide) groups is 1. The minimum Gasteiger partial charge on any atom is -0.379 e. The molecule has 1 aromatic carbocycles. The van der Waals surface area contributed by atoms with E-state index < -0.39 is 0 Å². The van der Waals surface area contributed by atoms with Gasteiger partial charge in [-0.2, -0.15) is 11.8 Å². The molecule has 3 aliphatic rings. The van der Waals surface area contributed by atoms with Crippen molar-refractivity contribution in [3.05, 3.63) is 29.3 Å². The van der Waals surface area contributed by atoms with Crippen LogP contribution >= 0.6 is 23.4 Å². The van der Waals surface area contributed by atoms with Gasteiger partial charge in [-0.15, -0.1) is 0 Å². The summed E-state index contributed by atoms with van der Waals surface area (Å²) in [4.78, 5) is 19.6. The molecule has 2 amide bonds. The number of benzene rings is 1. The number of amides is 2. The zero-order valence-electron chi connectivity index (χ0n) is 16.2. The zero-order valence-corrected chi connectivity index (χ0v) is 17.8. The lowest BCUT2D eigenvalue weighted by Gasteiger charge is -2.43. The molecule has 3 fully saturated rings. The Labute approximate surface area is 176 Å². The molecule has 0 saturated carbocycles. The molecule has 1 N–H and O–H groups in total. The van der Waals surface area contributed by atoms with Crippen molar-refractivity contribution in [2.45, 2.75) is 12.0 Å². The van der Waals surface area contributed by atoms with Crippen molar-refractivity contribution in [2.75, 3.05) is 75.4 Å². The highest BCUT2D eigenvalue weighted by atomic mass is 35.5. The topological polar surface area (TPSA) is 48.1 Å². The van der Waals surface area contributed by atoms with Gasteiger partial charge in [-0.05, 0) is 30.4 Å². The molecular weight excluding hydrogens is 396 g/mol. The normalized spacial score (nSPS) is 26.5. The maximum Gasteiger partial charge on any atom is 0.317 e. The average molecular weight is 425 g/mol. The summed E-state index contributed by atoms with van der Waals surface area (Å²) in [5.41, 5.74) is 1.22. The first kappa shape index (κ1) is 20.1. The van der Waals surface area contributed by atoms with Crippen molar-refractivity contribution in [1.82, 2.24) is 15.1 Å². The molecule has 1 unspecified atom stereocenters. The molecule has 6 nitrogen and oxygen atoms in total. The van der Waals surface area contributed by atoms with E-state index in [9.17, 15) is 4.79 Å². The Morgan fingerprint density at radius 1 is 1.18 bits per heavy atom. The van der Waals surface area contributed by atoms with Gasteiger partial charge in [0.05, 0.1) is 13.2 Å². The number of carbonyl (C=O) groups is 1. The van der Waals surface area contributed by atoms with E-state index in [0.717, 1.165) is 81.9 Å². The van der Waals surface area contributed by atoms with E-state index >= 15 is 0 Å². The fourth-order valence-electron chi connectivity index (χ4n) is 4.33. The van der Waals surface area contributed by atoms with Crippen molar-refractivity contribution in [3.8, 4) is 0 Å².